The number of amides is 1. The molecule has 2 fully saturated rings. The maximum Gasteiger partial charge on any atom is 0.410 e. The van der Waals surface area contributed by atoms with Crippen LogP contribution in [0.4, 0.5) is 4.79 Å². The van der Waals surface area contributed by atoms with Crippen LogP contribution < -0.4 is 0 Å². The fraction of sp³-hybridized carbons (Fsp3) is 0.917. The molecule has 1 amide bonds. The zero-order valence-electron chi connectivity index (χ0n) is 12.0. The summed E-state index contributed by atoms with van der Waals surface area (Å²) in [5, 5.41) is 0. The fourth-order valence-electron chi connectivity index (χ4n) is 2.61. The van der Waals surface area contributed by atoms with Crippen LogP contribution in [0, 0.1) is 5.41 Å². The van der Waals surface area contributed by atoms with Crippen LogP contribution in [0.5, 0.6) is 0 Å². The molecule has 2 aliphatic heterocycles. The van der Waals surface area contributed by atoms with Gasteiger partial charge in [-0.05, 0) is 27.2 Å². The highest BCUT2D eigenvalue weighted by atomic mass is 32.2. The van der Waals surface area contributed by atoms with Gasteiger partial charge in [0.05, 0.1) is 6.26 Å². The molecule has 2 saturated heterocycles. The summed E-state index contributed by atoms with van der Waals surface area (Å²) in [6.45, 7) is 7.79. The molecule has 19 heavy (non-hydrogen) atoms. The number of ether oxygens (including phenoxy) is 1. The van der Waals surface area contributed by atoms with E-state index in [4.69, 9.17) is 4.74 Å². The van der Waals surface area contributed by atoms with Gasteiger partial charge in [-0.3, -0.25) is 0 Å². The van der Waals surface area contributed by atoms with E-state index in [0.717, 1.165) is 6.42 Å². The van der Waals surface area contributed by atoms with Gasteiger partial charge in [0.2, 0.25) is 10.0 Å². The van der Waals surface area contributed by atoms with Gasteiger partial charge < -0.3 is 9.64 Å². The molecule has 110 valence electrons. The van der Waals surface area contributed by atoms with Crippen LogP contribution in [-0.4, -0.2) is 61.8 Å². The summed E-state index contributed by atoms with van der Waals surface area (Å²) in [5.74, 6) is 0. The van der Waals surface area contributed by atoms with Crippen molar-refractivity contribution >= 4 is 16.1 Å². The van der Waals surface area contributed by atoms with E-state index >= 15 is 0 Å². The normalized spacial score (nSPS) is 23.5. The van der Waals surface area contributed by atoms with Gasteiger partial charge in [-0.15, -0.1) is 0 Å². The lowest BCUT2D eigenvalue weighted by Crippen LogP contribution is -2.59. The number of sulfonamides is 1. The molecule has 0 aliphatic carbocycles. The Morgan fingerprint density at radius 2 is 1.79 bits per heavy atom. The third-order valence-corrected chi connectivity index (χ3v) is 4.78. The molecule has 6 nitrogen and oxygen atoms in total. The van der Waals surface area contributed by atoms with Crippen molar-refractivity contribution in [1.82, 2.24) is 9.21 Å². The smallest absolute Gasteiger partial charge is 0.410 e. The zero-order chi connectivity index (χ0) is 14.5. The van der Waals surface area contributed by atoms with E-state index in [1.165, 1.54) is 10.6 Å². The van der Waals surface area contributed by atoms with Crippen LogP contribution in [0.25, 0.3) is 0 Å². The molecular weight excluding hydrogens is 268 g/mol. The van der Waals surface area contributed by atoms with Crippen molar-refractivity contribution in [1.29, 1.82) is 0 Å². The summed E-state index contributed by atoms with van der Waals surface area (Å²) in [4.78, 5) is 13.6. The molecule has 2 rings (SSSR count). The van der Waals surface area contributed by atoms with Gasteiger partial charge in [0, 0.05) is 31.6 Å². The monoisotopic (exact) mass is 290 g/mol. The Balaban J connectivity index is 1.90. The predicted octanol–water partition coefficient (Wildman–Crippen LogP) is 0.889. The third kappa shape index (κ3) is 3.20. The summed E-state index contributed by atoms with van der Waals surface area (Å²) in [5.41, 5.74) is -0.550. The number of hydrogen-bond acceptors (Lipinski definition) is 4. The van der Waals surface area contributed by atoms with E-state index in [-0.39, 0.29) is 11.5 Å². The number of nitrogens with zero attached hydrogens (tertiary/aromatic N) is 2. The second-order valence-corrected chi connectivity index (χ2v) is 8.67. The van der Waals surface area contributed by atoms with Crippen LogP contribution in [0.3, 0.4) is 0 Å². The van der Waals surface area contributed by atoms with Gasteiger partial charge in [0.25, 0.3) is 0 Å². The molecule has 1 spiro atoms. The minimum atomic E-state index is -3.10. The maximum absolute atomic E-state index is 11.9. The Morgan fingerprint density at radius 3 is 2.26 bits per heavy atom. The van der Waals surface area contributed by atoms with Crippen LogP contribution in [0.15, 0.2) is 0 Å². The molecule has 0 bridgehead atoms. The van der Waals surface area contributed by atoms with E-state index in [2.05, 4.69) is 0 Å². The Kier molecular flexibility index (Phi) is 3.33. The minimum absolute atomic E-state index is 0.0556. The van der Waals surface area contributed by atoms with Gasteiger partial charge in [-0.1, -0.05) is 0 Å². The second kappa shape index (κ2) is 4.34. The third-order valence-electron chi connectivity index (χ3n) is 3.58. The van der Waals surface area contributed by atoms with Crippen molar-refractivity contribution in [2.24, 2.45) is 5.41 Å². The first-order valence-electron chi connectivity index (χ1n) is 6.44. The van der Waals surface area contributed by atoms with E-state index in [0.29, 0.717) is 26.2 Å². The molecule has 0 unspecified atom stereocenters. The molecule has 0 radical (unpaired) electrons. The lowest BCUT2D eigenvalue weighted by atomic mass is 9.81. The molecule has 2 aliphatic rings. The van der Waals surface area contributed by atoms with Gasteiger partial charge in [0.1, 0.15) is 5.60 Å². The zero-order valence-corrected chi connectivity index (χ0v) is 12.8. The van der Waals surface area contributed by atoms with Gasteiger partial charge >= 0.3 is 6.09 Å². The second-order valence-electron chi connectivity index (χ2n) is 6.68. The van der Waals surface area contributed by atoms with Crippen molar-refractivity contribution in [3.05, 3.63) is 0 Å². The van der Waals surface area contributed by atoms with E-state index in [1.54, 1.807) is 4.90 Å². The van der Waals surface area contributed by atoms with Crippen molar-refractivity contribution in [3.8, 4) is 0 Å². The first kappa shape index (κ1) is 14.6. The van der Waals surface area contributed by atoms with E-state index < -0.39 is 15.6 Å². The van der Waals surface area contributed by atoms with Crippen molar-refractivity contribution < 1.29 is 17.9 Å². The summed E-state index contributed by atoms with van der Waals surface area (Å²) >= 11 is 0. The Bertz CT molecular complexity index is 474. The van der Waals surface area contributed by atoms with Crippen LogP contribution in [-0.2, 0) is 14.8 Å². The summed E-state index contributed by atoms with van der Waals surface area (Å²) in [6.07, 6.45) is 1.76. The average molecular weight is 290 g/mol. The molecule has 0 atom stereocenters. The Hall–Kier alpha value is -0.820. The minimum Gasteiger partial charge on any atom is -0.444 e. The summed E-state index contributed by atoms with van der Waals surface area (Å²) in [7, 11) is -3.10. The highest BCUT2D eigenvalue weighted by molar-refractivity contribution is 7.88. The summed E-state index contributed by atoms with van der Waals surface area (Å²) in [6, 6.07) is 0. The SMILES string of the molecule is CC(C)(C)OC(=O)N1CCC2(C1)CN(S(C)(=O)=O)C2. The first-order chi connectivity index (χ1) is 8.51. The van der Waals surface area contributed by atoms with Gasteiger partial charge in [-0.2, -0.15) is 0 Å². The van der Waals surface area contributed by atoms with Crippen molar-refractivity contribution in [2.75, 3.05) is 32.4 Å². The number of rotatable bonds is 1. The van der Waals surface area contributed by atoms with Crippen molar-refractivity contribution in [2.45, 2.75) is 32.8 Å². The molecular formula is C12H22N2O4S. The standard InChI is InChI=1S/C12H22N2O4S/c1-11(2,3)18-10(15)13-6-5-12(7-13)8-14(9-12)19(4,16)17/h5-9H2,1-4H3. The van der Waals surface area contributed by atoms with E-state index in [1.807, 2.05) is 20.8 Å². The molecule has 0 N–H and O–H groups in total. The molecule has 0 saturated carbocycles. The predicted molar refractivity (Wildman–Crippen MR) is 71.3 cm³/mol. The first-order valence-corrected chi connectivity index (χ1v) is 8.29. The quantitative estimate of drug-likeness (QED) is 0.719. The number of carbonyl (C=O) groups excluding carboxylic acids is 1. The molecule has 7 heteroatoms. The number of likely N-dealkylation sites (tertiary alicyclic amines) is 1. The molecule has 0 aromatic rings. The number of carbonyl (C=O) groups is 1. The molecule has 0 aromatic carbocycles. The lowest BCUT2D eigenvalue weighted by molar-refractivity contribution is 0.0212. The summed E-state index contributed by atoms with van der Waals surface area (Å²) < 4.78 is 29.6. The Labute approximate surface area is 114 Å². The highest BCUT2D eigenvalue weighted by Gasteiger charge is 2.51. The topological polar surface area (TPSA) is 66.9 Å². The van der Waals surface area contributed by atoms with Crippen LogP contribution in [0.1, 0.15) is 27.2 Å². The van der Waals surface area contributed by atoms with Gasteiger partial charge in [0.15, 0.2) is 0 Å². The highest BCUT2D eigenvalue weighted by Crippen LogP contribution is 2.40. The molecule has 2 heterocycles. The average Bonchev–Trinajstić information content (AvgIpc) is 2.54. The molecule has 0 aromatic heterocycles. The van der Waals surface area contributed by atoms with Crippen molar-refractivity contribution in [3.63, 3.8) is 0 Å². The van der Waals surface area contributed by atoms with Gasteiger partial charge in [-0.25, -0.2) is 17.5 Å². The van der Waals surface area contributed by atoms with E-state index in [9.17, 15) is 13.2 Å². The lowest BCUT2D eigenvalue weighted by Gasteiger charge is -2.46. The van der Waals surface area contributed by atoms with Crippen LogP contribution >= 0.6 is 0 Å². The van der Waals surface area contributed by atoms with Crippen LogP contribution in [0.2, 0.25) is 0 Å². The Morgan fingerprint density at radius 1 is 1.21 bits per heavy atom. The fourth-order valence-corrected chi connectivity index (χ4v) is 3.63. The number of hydrogen-bond donors (Lipinski definition) is 0. The maximum atomic E-state index is 11.9. The largest absolute Gasteiger partial charge is 0.444 e.